The normalized spacial score (nSPS) is 12.5. The number of para-hydroxylation sites is 2. The van der Waals surface area contributed by atoms with E-state index in [9.17, 15) is 8.78 Å². The first-order chi connectivity index (χ1) is 10.0. The maximum atomic E-state index is 13.2. The van der Waals surface area contributed by atoms with E-state index in [0.29, 0.717) is 22.1 Å². The van der Waals surface area contributed by atoms with Gasteiger partial charge in [-0.05, 0) is 12.1 Å². The lowest BCUT2D eigenvalue weighted by molar-refractivity contribution is 0.0163. The first kappa shape index (κ1) is 12.4. The van der Waals surface area contributed by atoms with Crippen LogP contribution >= 0.6 is 11.3 Å². The van der Waals surface area contributed by atoms with Gasteiger partial charge < -0.3 is 4.42 Å². The number of rotatable bonds is 2. The number of aromatic nitrogens is 4. The Morgan fingerprint density at radius 3 is 2.76 bits per heavy atom. The van der Waals surface area contributed by atoms with Crippen molar-refractivity contribution in [3.63, 3.8) is 0 Å². The Kier molecular flexibility index (Phi) is 2.41. The van der Waals surface area contributed by atoms with Gasteiger partial charge in [-0.25, -0.2) is 14.5 Å². The van der Waals surface area contributed by atoms with Crippen molar-refractivity contribution >= 4 is 27.4 Å². The van der Waals surface area contributed by atoms with E-state index in [1.54, 1.807) is 6.07 Å². The molecule has 0 bridgehead atoms. The number of alkyl halides is 2. The van der Waals surface area contributed by atoms with Crippen molar-refractivity contribution in [1.29, 1.82) is 0 Å². The quantitative estimate of drug-likeness (QED) is 0.566. The fraction of sp³-hybridized carbons (Fsp3) is 0.154. The van der Waals surface area contributed by atoms with Gasteiger partial charge in [-0.1, -0.05) is 23.5 Å². The Balaban J connectivity index is 1.81. The van der Waals surface area contributed by atoms with Crippen molar-refractivity contribution < 1.29 is 13.2 Å². The smallest absolute Gasteiger partial charge is 0.298 e. The molecule has 0 aliphatic rings. The first-order valence-electron chi connectivity index (χ1n) is 6.11. The third kappa shape index (κ3) is 1.99. The van der Waals surface area contributed by atoms with Crippen LogP contribution in [0.15, 0.2) is 34.9 Å². The fourth-order valence-corrected chi connectivity index (χ4v) is 2.77. The third-order valence-corrected chi connectivity index (χ3v) is 4.03. The largest absolute Gasteiger partial charge is 0.435 e. The molecule has 0 radical (unpaired) electrons. The SMILES string of the molecule is CC(F)(F)c1nn2cc(-c3nc4ccccc4o3)nc2s1. The van der Waals surface area contributed by atoms with Crippen molar-refractivity contribution in [2.45, 2.75) is 12.8 Å². The molecule has 0 aliphatic carbocycles. The van der Waals surface area contributed by atoms with Crippen LogP contribution in [-0.4, -0.2) is 19.6 Å². The number of fused-ring (bicyclic) bond motifs is 2. The summed E-state index contributed by atoms with van der Waals surface area (Å²) < 4.78 is 33.3. The summed E-state index contributed by atoms with van der Waals surface area (Å²) in [6.45, 7) is 0.812. The highest BCUT2D eigenvalue weighted by Gasteiger charge is 2.30. The lowest BCUT2D eigenvalue weighted by Crippen LogP contribution is -2.06. The van der Waals surface area contributed by atoms with Crippen LogP contribution in [0.4, 0.5) is 8.78 Å². The zero-order valence-corrected chi connectivity index (χ0v) is 11.6. The Bertz CT molecular complexity index is 885. The summed E-state index contributed by atoms with van der Waals surface area (Å²) in [4.78, 5) is 8.94. The Morgan fingerprint density at radius 1 is 1.24 bits per heavy atom. The zero-order valence-electron chi connectivity index (χ0n) is 10.7. The third-order valence-electron chi connectivity index (χ3n) is 2.93. The molecule has 3 heterocycles. The van der Waals surface area contributed by atoms with Gasteiger partial charge in [0.15, 0.2) is 10.6 Å². The molecule has 106 valence electrons. The van der Waals surface area contributed by atoms with Gasteiger partial charge in [-0.2, -0.15) is 13.9 Å². The minimum Gasteiger partial charge on any atom is -0.435 e. The molecule has 4 aromatic rings. The van der Waals surface area contributed by atoms with Gasteiger partial charge in [0.1, 0.15) is 11.2 Å². The number of halogens is 2. The number of oxazole rings is 1. The second-order valence-electron chi connectivity index (χ2n) is 4.64. The number of hydrogen-bond donors (Lipinski definition) is 0. The van der Waals surface area contributed by atoms with E-state index >= 15 is 0 Å². The van der Waals surface area contributed by atoms with Crippen molar-refractivity contribution in [3.8, 4) is 11.6 Å². The van der Waals surface area contributed by atoms with Crippen molar-refractivity contribution in [2.75, 3.05) is 0 Å². The molecular weight excluding hydrogens is 298 g/mol. The van der Waals surface area contributed by atoms with Crippen LogP contribution in [-0.2, 0) is 5.92 Å². The molecule has 5 nitrogen and oxygen atoms in total. The summed E-state index contributed by atoms with van der Waals surface area (Å²) in [5.74, 6) is -2.62. The molecule has 0 aliphatic heterocycles. The van der Waals surface area contributed by atoms with Crippen LogP contribution in [0, 0.1) is 0 Å². The summed E-state index contributed by atoms with van der Waals surface area (Å²) >= 11 is 0.848. The summed E-state index contributed by atoms with van der Waals surface area (Å²) in [7, 11) is 0. The summed E-state index contributed by atoms with van der Waals surface area (Å²) in [6.07, 6.45) is 1.53. The Labute approximate surface area is 120 Å². The van der Waals surface area contributed by atoms with Crippen molar-refractivity contribution in [2.24, 2.45) is 0 Å². The summed E-state index contributed by atoms with van der Waals surface area (Å²) in [5.41, 5.74) is 1.84. The van der Waals surface area contributed by atoms with E-state index in [1.807, 2.05) is 18.2 Å². The standard InChI is InChI=1S/C13H8F2N4OS/c1-13(14,15)11-18-19-6-8(17-12(19)21-11)10-16-7-4-2-3-5-9(7)20-10/h2-6H,1H3. The van der Waals surface area contributed by atoms with E-state index in [1.165, 1.54) is 10.7 Å². The summed E-state index contributed by atoms with van der Waals surface area (Å²) in [5, 5.41) is 3.57. The lowest BCUT2D eigenvalue weighted by atomic mass is 10.3. The second kappa shape index (κ2) is 4.08. The molecule has 0 N–H and O–H groups in total. The maximum Gasteiger partial charge on any atom is 0.298 e. The minimum atomic E-state index is -2.97. The predicted octanol–water partition coefficient (Wildman–Crippen LogP) is 3.71. The topological polar surface area (TPSA) is 56.2 Å². The highest BCUT2D eigenvalue weighted by molar-refractivity contribution is 7.16. The average Bonchev–Trinajstić information content (AvgIpc) is 3.09. The molecule has 0 unspecified atom stereocenters. The molecule has 0 fully saturated rings. The van der Waals surface area contributed by atoms with Gasteiger partial charge in [0.25, 0.3) is 5.92 Å². The van der Waals surface area contributed by atoms with Gasteiger partial charge in [0.05, 0.1) is 6.20 Å². The Morgan fingerprint density at radius 2 is 2.05 bits per heavy atom. The molecule has 3 aromatic heterocycles. The monoisotopic (exact) mass is 306 g/mol. The maximum absolute atomic E-state index is 13.2. The van der Waals surface area contributed by atoms with Gasteiger partial charge >= 0.3 is 0 Å². The first-order valence-corrected chi connectivity index (χ1v) is 6.93. The van der Waals surface area contributed by atoms with Gasteiger partial charge in [0, 0.05) is 6.92 Å². The van der Waals surface area contributed by atoms with E-state index in [0.717, 1.165) is 23.8 Å². The second-order valence-corrected chi connectivity index (χ2v) is 5.59. The lowest BCUT2D eigenvalue weighted by Gasteiger charge is -2.02. The molecule has 21 heavy (non-hydrogen) atoms. The van der Waals surface area contributed by atoms with Gasteiger partial charge in [0.2, 0.25) is 10.9 Å². The molecule has 0 saturated heterocycles. The van der Waals surface area contributed by atoms with E-state index < -0.39 is 5.92 Å². The molecule has 4 rings (SSSR count). The number of hydrogen-bond acceptors (Lipinski definition) is 5. The highest BCUT2D eigenvalue weighted by atomic mass is 32.1. The number of benzene rings is 1. The summed E-state index contributed by atoms with van der Waals surface area (Å²) in [6, 6.07) is 7.34. The van der Waals surface area contributed by atoms with Gasteiger partial charge in [-0.15, -0.1) is 0 Å². The van der Waals surface area contributed by atoms with Crippen LogP contribution in [0.1, 0.15) is 11.9 Å². The molecular formula is C13H8F2N4OS. The van der Waals surface area contributed by atoms with Crippen LogP contribution in [0.3, 0.4) is 0 Å². The number of nitrogens with zero attached hydrogens (tertiary/aromatic N) is 4. The zero-order chi connectivity index (χ0) is 14.6. The minimum absolute atomic E-state index is 0.269. The fourth-order valence-electron chi connectivity index (χ4n) is 1.96. The van der Waals surface area contributed by atoms with E-state index in [-0.39, 0.29) is 5.01 Å². The van der Waals surface area contributed by atoms with Crippen molar-refractivity contribution in [3.05, 3.63) is 35.5 Å². The molecule has 0 saturated carbocycles. The highest BCUT2D eigenvalue weighted by Crippen LogP contribution is 2.32. The van der Waals surface area contributed by atoms with Crippen LogP contribution < -0.4 is 0 Å². The molecule has 0 spiro atoms. The molecule has 8 heteroatoms. The van der Waals surface area contributed by atoms with Crippen molar-refractivity contribution in [1.82, 2.24) is 19.6 Å². The van der Waals surface area contributed by atoms with E-state index in [2.05, 4.69) is 15.1 Å². The Hall–Kier alpha value is -2.35. The molecule has 0 amide bonds. The predicted molar refractivity (Wildman–Crippen MR) is 73.4 cm³/mol. The van der Waals surface area contributed by atoms with Crippen LogP contribution in [0.25, 0.3) is 27.6 Å². The number of imidazole rings is 1. The molecule has 0 atom stereocenters. The van der Waals surface area contributed by atoms with E-state index in [4.69, 9.17) is 4.42 Å². The molecule has 1 aromatic carbocycles. The van der Waals surface area contributed by atoms with Crippen LogP contribution in [0.5, 0.6) is 0 Å². The van der Waals surface area contributed by atoms with Gasteiger partial charge in [-0.3, -0.25) is 0 Å². The van der Waals surface area contributed by atoms with Crippen LogP contribution in [0.2, 0.25) is 0 Å². The average molecular weight is 306 g/mol.